The summed E-state index contributed by atoms with van der Waals surface area (Å²) in [6.45, 7) is 1.91. The molecule has 2 heterocycles. The van der Waals surface area contributed by atoms with Gasteiger partial charge in [-0.2, -0.15) is 0 Å². The van der Waals surface area contributed by atoms with Gasteiger partial charge in [0.15, 0.2) is 5.78 Å². The van der Waals surface area contributed by atoms with Crippen molar-refractivity contribution < 1.29 is 4.79 Å². The molecule has 0 saturated carbocycles. The van der Waals surface area contributed by atoms with E-state index in [1.807, 2.05) is 25.1 Å². The summed E-state index contributed by atoms with van der Waals surface area (Å²) in [4.78, 5) is 20.3. The smallest absolute Gasteiger partial charge is 0.168 e. The summed E-state index contributed by atoms with van der Waals surface area (Å²) in [5, 5.41) is 0. The van der Waals surface area contributed by atoms with Crippen molar-refractivity contribution in [2.24, 2.45) is 0 Å². The molecule has 0 unspecified atom stereocenters. The second kappa shape index (κ2) is 5.19. The number of carbonyl (C=O) groups excluding carboxylic acids is 1. The van der Waals surface area contributed by atoms with E-state index in [4.69, 9.17) is 0 Å². The largest absolute Gasteiger partial charge is 0.294 e. The monoisotopic (exact) mass is 290 g/mol. The van der Waals surface area contributed by atoms with E-state index in [9.17, 15) is 4.79 Å². The van der Waals surface area contributed by atoms with Crippen LogP contribution in [-0.4, -0.2) is 15.8 Å². The van der Waals surface area contributed by atoms with Crippen LogP contribution in [0.2, 0.25) is 0 Å². The predicted molar refractivity (Wildman–Crippen MR) is 68.9 cm³/mol. The highest BCUT2D eigenvalue weighted by Crippen LogP contribution is 2.11. The molecule has 0 N–H and O–H groups in total. The Morgan fingerprint density at radius 2 is 2.18 bits per heavy atom. The van der Waals surface area contributed by atoms with Crippen LogP contribution in [0.25, 0.3) is 0 Å². The van der Waals surface area contributed by atoms with Crippen LogP contribution in [0.3, 0.4) is 0 Å². The molecule has 0 bridgehead atoms. The average molecular weight is 291 g/mol. The van der Waals surface area contributed by atoms with E-state index in [1.165, 1.54) is 0 Å². The maximum atomic E-state index is 12.0. The minimum atomic E-state index is 0.0474. The van der Waals surface area contributed by atoms with Crippen molar-refractivity contribution in [2.45, 2.75) is 13.3 Å². The van der Waals surface area contributed by atoms with Crippen molar-refractivity contribution >= 4 is 21.7 Å². The highest BCUT2D eigenvalue weighted by atomic mass is 79.9. The summed E-state index contributed by atoms with van der Waals surface area (Å²) in [5.41, 5.74) is 2.37. The summed E-state index contributed by atoms with van der Waals surface area (Å²) < 4.78 is 0.667. The Hall–Kier alpha value is -1.55. The number of ketones is 1. The second-order valence-corrected chi connectivity index (χ2v) is 4.55. The number of nitrogens with zero attached hydrogens (tertiary/aromatic N) is 2. The molecule has 17 heavy (non-hydrogen) atoms. The molecule has 0 atom stereocenters. The lowest BCUT2D eigenvalue weighted by Gasteiger charge is -2.02. The minimum Gasteiger partial charge on any atom is -0.294 e. The predicted octanol–water partition coefficient (Wildman–Crippen LogP) is 2.97. The van der Waals surface area contributed by atoms with Gasteiger partial charge in [0, 0.05) is 23.1 Å². The standard InChI is InChI=1S/C13H11BrN2O/c1-9-3-2-4-11(16-9)8-12(17)10-5-6-15-13(14)7-10/h2-7H,8H2,1H3. The molecular formula is C13H11BrN2O. The summed E-state index contributed by atoms with van der Waals surface area (Å²) in [7, 11) is 0. The Kier molecular flexibility index (Phi) is 3.64. The highest BCUT2D eigenvalue weighted by molar-refractivity contribution is 9.10. The van der Waals surface area contributed by atoms with Crippen LogP contribution >= 0.6 is 15.9 Å². The quantitative estimate of drug-likeness (QED) is 0.645. The van der Waals surface area contributed by atoms with Crippen molar-refractivity contribution in [3.05, 3.63) is 58.1 Å². The number of hydrogen-bond donors (Lipinski definition) is 0. The number of carbonyl (C=O) groups is 1. The van der Waals surface area contributed by atoms with Gasteiger partial charge < -0.3 is 0 Å². The van der Waals surface area contributed by atoms with Crippen LogP contribution < -0.4 is 0 Å². The van der Waals surface area contributed by atoms with Crippen LogP contribution in [0.15, 0.2) is 41.1 Å². The van der Waals surface area contributed by atoms with Crippen LogP contribution in [0.4, 0.5) is 0 Å². The lowest BCUT2D eigenvalue weighted by molar-refractivity contribution is 0.0992. The van der Waals surface area contributed by atoms with Gasteiger partial charge in [-0.3, -0.25) is 9.78 Å². The zero-order valence-electron chi connectivity index (χ0n) is 9.35. The van der Waals surface area contributed by atoms with E-state index in [1.54, 1.807) is 18.3 Å². The second-order valence-electron chi connectivity index (χ2n) is 3.74. The Labute approximate surface area is 108 Å². The van der Waals surface area contributed by atoms with Crippen LogP contribution in [0.1, 0.15) is 21.7 Å². The van der Waals surface area contributed by atoms with Gasteiger partial charge in [0.2, 0.25) is 0 Å². The first-order chi connectivity index (χ1) is 8.15. The molecule has 2 rings (SSSR count). The van der Waals surface area contributed by atoms with E-state index < -0.39 is 0 Å². The minimum absolute atomic E-state index is 0.0474. The van der Waals surface area contributed by atoms with E-state index in [0.29, 0.717) is 16.6 Å². The molecule has 0 aliphatic heterocycles. The molecule has 3 nitrogen and oxygen atoms in total. The first-order valence-electron chi connectivity index (χ1n) is 5.22. The Balaban J connectivity index is 2.17. The fraction of sp³-hybridized carbons (Fsp3) is 0.154. The van der Waals surface area contributed by atoms with E-state index in [2.05, 4.69) is 25.9 Å². The molecule has 0 saturated heterocycles. The SMILES string of the molecule is Cc1cccc(CC(=O)c2ccnc(Br)c2)n1. The molecule has 0 radical (unpaired) electrons. The van der Waals surface area contributed by atoms with E-state index >= 15 is 0 Å². The topological polar surface area (TPSA) is 42.9 Å². The van der Waals surface area contributed by atoms with Gasteiger partial charge in [-0.25, -0.2) is 4.98 Å². The molecule has 0 amide bonds. The fourth-order valence-electron chi connectivity index (χ4n) is 1.54. The summed E-state index contributed by atoms with van der Waals surface area (Å²) in [6, 6.07) is 9.12. The van der Waals surface area contributed by atoms with Crippen molar-refractivity contribution in [1.82, 2.24) is 9.97 Å². The molecule has 4 heteroatoms. The number of rotatable bonds is 3. The summed E-state index contributed by atoms with van der Waals surface area (Å²) in [6.07, 6.45) is 1.93. The molecule has 86 valence electrons. The van der Waals surface area contributed by atoms with Crippen molar-refractivity contribution in [2.75, 3.05) is 0 Å². The van der Waals surface area contributed by atoms with Gasteiger partial charge in [0.25, 0.3) is 0 Å². The molecule has 0 fully saturated rings. The van der Waals surface area contributed by atoms with Gasteiger partial charge in [0.05, 0.1) is 6.42 Å². The van der Waals surface area contributed by atoms with Gasteiger partial charge in [-0.1, -0.05) is 6.07 Å². The number of aromatic nitrogens is 2. The maximum Gasteiger partial charge on any atom is 0.168 e. The number of aryl methyl sites for hydroxylation is 1. The maximum absolute atomic E-state index is 12.0. The number of pyridine rings is 2. The number of halogens is 1. The zero-order chi connectivity index (χ0) is 12.3. The van der Waals surface area contributed by atoms with Crippen LogP contribution in [0.5, 0.6) is 0 Å². The molecule has 0 aliphatic carbocycles. The molecule has 2 aromatic rings. The lowest BCUT2D eigenvalue weighted by atomic mass is 10.1. The zero-order valence-corrected chi connectivity index (χ0v) is 10.9. The van der Waals surface area contributed by atoms with Crippen LogP contribution in [-0.2, 0) is 6.42 Å². The third-order valence-electron chi connectivity index (χ3n) is 2.34. The van der Waals surface area contributed by atoms with Gasteiger partial charge in [-0.15, -0.1) is 0 Å². The third-order valence-corrected chi connectivity index (χ3v) is 2.77. The normalized spacial score (nSPS) is 10.2. The summed E-state index contributed by atoms with van der Waals surface area (Å²) in [5.74, 6) is 0.0474. The fourth-order valence-corrected chi connectivity index (χ4v) is 1.91. The Morgan fingerprint density at radius 1 is 1.35 bits per heavy atom. The van der Waals surface area contributed by atoms with Crippen LogP contribution in [0, 0.1) is 6.92 Å². The Bertz CT molecular complexity index is 555. The van der Waals surface area contributed by atoms with E-state index in [0.717, 1.165) is 11.4 Å². The number of hydrogen-bond acceptors (Lipinski definition) is 3. The number of Topliss-reactive ketones (excluding diaryl/α,β-unsaturated/α-hetero) is 1. The first-order valence-corrected chi connectivity index (χ1v) is 6.02. The average Bonchev–Trinajstić information content (AvgIpc) is 2.29. The Morgan fingerprint density at radius 3 is 2.88 bits per heavy atom. The first kappa shape index (κ1) is 11.9. The van der Waals surface area contributed by atoms with Crippen molar-refractivity contribution in [3.63, 3.8) is 0 Å². The summed E-state index contributed by atoms with van der Waals surface area (Å²) >= 11 is 3.25. The molecule has 0 spiro atoms. The van der Waals surface area contributed by atoms with Gasteiger partial charge in [0.1, 0.15) is 4.60 Å². The van der Waals surface area contributed by atoms with Crippen molar-refractivity contribution in [1.29, 1.82) is 0 Å². The lowest BCUT2D eigenvalue weighted by Crippen LogP contribution is -2.05. The molecular weight excluding hydrogens is 280 g/mol. The van der Waals surface area contributed by atoms with Crippen molar-refractivity contribution in [3.8, 4) is 0 Å². The highest BCUT2D eigenvalue weighted by Gasteiger charge is 2.08. The van der Waals surface area contributed by atoms with Gasteiger partial charge in [-0.05, 0) is 47.1 Å². The van der Waals surface area contributed by atoms with Gasteiger partial charge >= 0.3 is 0 Å². The molecule has 0 aromatic carbocycles. The third kappa shape index (κ3) is 3.20. The molecule has 0 aliphatic rings. The molecule has 2 aromatic heterocycles. The van der Waals surface area contributed by atoms with E-state index in [-0.39, 0.29) is 5.78 Å².